The van der Waals surface area contributed by atoms with Crippen molar-refractivity contribution in [2.45, 2.75) is 51.2 Å². The Morgan fingerprint density at radius 1 is 1.25 bits per heavy atom. The second-order valence-electron chi connectivity index (χ2n) is 4.61. The van der Waals surface area contributed by atoms with Crippen molar-refractivity contribution in [1.29, 1.82) is 0 Å². The van der Waals surface area contributed by atoms with Crippen LogP contribution in [0, 0.1) is 0 Å². The summed E-state index contributed by atoms with van der Waals surface area (Å²) in [5.74, 6) is -0.324. The van der Waals surface area contributed by atoms with Gasteiger partial charge in [-0.05, 0) is 12.5 Å². The Morgan fingerprint density at radius 2 is 1.81 bits per heavy atom. The first kappa shape index (κ1) is 15.7. The summed E-state index contributed by atoms with van der Waals surface area (Å²) >= 11 is 6.22. The van der Waals surface area contributed by atoms with Crippen LogP contribution in [0.1, 0.15) is 32.1 Å². The summed E-state index contributed by atoms with van der Waals surface area (Å²) in [4.78, 5) is 10.7. The molecule has 0 aromatic rings. The fourth-order valence-electron chi connectivity index (χ4n) is 1.41. The molecule has 94 valence electrons. The van der Waals surface area contributed by atoms with Crippen molar-refractivity contribution in [3.8, 4) is 0 Å². The maximum atomic E-state index is 10.7. The SMILES string of the molecule is C=CC(=O)OCCCCCCC[Si](C)(C)Cl. The number of esters is 1. The third-order valence-electron chi connectivity index (χ3n) is 2.33. The highest BCUT2D eigenvalue weighted by atomic mass is 35.6. The zero-order valence-corrected chi connectivity index (χ0v) is 12.2. The van der Waals surface area contributed by atoms with Crippen molar-refractivity contribution >= 4 is 24.4 Å². The minimum absolute atomic E-state index is 0.324. The Hall–Kier alpha value is -0.283. The average Bonchev–Trinajstić information content (AvgIpc) is 2.20. The van der Waals surface area contributed by atoms with Gasteiger partial charge in [-0.25, -0.2) is 4.79 Å². The first-order valence-corrected chi connectivity index (χ1v) is 10.2. The van der Waals surface area contributed by atoms with E-state index in [1.807, 2.05) is 0 Å². The van der Waals surface area contributed by atoms with Gasteiger partial charge in [-0.3, -0.25) is 0 Å². The van der Waals surface area contributed by atoms with Crippen LogP contribution in [0.5, 0.6) is 0 Å². The minimum atomic E-state index is -1.36. The summed E-state index contributed by atoms with van der Waals surface area (Å²) in [6, 6.07) is 1.19. The zero-order chi connectivity index (χ0) is 12.4. The molecule has 0 heterocycles. The fourth-order valence-corrected chi connectivity index (χ4v) is 2.90. The molecule has 0 rings (SSSR count). The van der Waals surface area contributed by atoms with Crippen molar-refractivity contribution < 1.29 is 9.53 Å². The average molecular weight is 263 g/mol. The van der Waals surface area contributed by atoms with Gasteiger partial charge < -0.3 is 4.74 Å². The molecule has 0 aliphatic rings. The third-order valence-corrected chi connectivity index (χ3v) is 4.44. The molecule has 0 spiro atoms. The number of rotatable bonds is 9. The van der Waals surface area contributed by atoms with E-state index in [-0.39, 0.29) is 5.97 Å². The van der Waals surface area contributed by atoms with Crippen molar-refractivity contribution in [1.82, 2.24) is 0 Å². The van der Waals surface area contributed by atoms with E-state index in [1.54, 1.807) is 0 Å². The van der Waals surface area contributed by atoms with Crippen LogP contribution < -0.4 is 0 Å². The predicted octanol–water partition coefficient (Wildman–Crippen LogP) is 4.11. The molecule has 0 bridgehead atoms. The van der Waals surface area contributed by atoms with Crippen LogP contribution >= 0.6 is 11.1 Å². The van der Waals surface area contributed by atoms with Gasteiger partial charge in [0.05, 0.1) is 6.61 Å². The van der Waals surface area contributed by atoms with E-state index in [4.69, 9.17) is 15.8 Å². The quantitative estimate of drug-likeness (QED) is 0.206. The standard InChI is InChI=1S/C12H23ClO2Si/c1-4-12(14)15-10-8-6-5-7-9-11-16(2,3)13/h4H,1,5-11H2,2-3H3. The van der Waals surface area contributed by atoms with E-state index in [9.17, 15) is 4.79 Å². The normalized spacial score (nSPS) is 11.2. The lowest BCUT2D eigenvalue weighted by Gasteiger charge is -2.11. The summed E-state index contributed by atoms with van der Waals surface area (Å²) in [6.45, 7) is 8.22. The number of halogens is 1. The van der Waals surface area contributed by atoms with Crippen LogP contribution in [0.4, 0.5) is 0 Å². The molecule has 0 aromatic carbocycles. The lowest BCUT2D eigenvalue weighted by atomic mass is 10.2. The summed E-state index contributed by atoms with van der Waals surface area (Å²) in [7, 11) is -1.36. The lowest BCUT2D eigenvalue weighted by Crippen LogP contribution is -2.14. The molecular weight excluding hydrogens is 240 g/mol. The van der Waals surface area contributed by atoms with Crippen LogP contribution in [-0.4, -0.2) is 20.0 Å². The van der Waals surface area contributed by atoms with Crippen LogP contribution in [0.15, 0.2) is 12.7 Å². The molecule has 4 heteroatoms. The van der Waals surface area contributed by atoms with E-state index >= 15 is 0 Å². The molecule has 0 radical (unpaired) electrons. The van der Waals surface area contributed by atoms with Gasteiger partial charge in [0.1, 0.15) is 7.38 Å². The maximum Gasteiger partial charge on any atom is 0.330 e. The van der Waals surface area contributed by atoms with Crippen LogP contribution in [0.2, 0.25) is 19.1 Å². The van der Waals surface area contributed by atoms with Gasteiger partial charge >= 0.3 is 5.97 Å². The van der Waals surface area contributed by atoms with Gasteiger partial charge in [-0.1, -0.05) is 45.4 Å². The van der Waals surface area contributed by atoms with Crippen LogP contribution in [-0.2, 0) is 9.53 Å². The molecular formula is C12H23ClO2Si. The zero-order valence-electron chi connectivity index (χ0n) is 10.4. The van der Waals surface area contributed by atoms with Gasteiger partial charge in [0, 0.05) is 6.08 Å². The molecule has 0 unspecified atom stereocenters. The van der Waals surface area contributed by atoms with E-state index in [2.05, 4.69) is 19.7 Å². The van der Waals surface area contributed by atoms with Crippen molar-refractivity contribution in [2.75, 3.05) is 6.61 Å². The predicted molar refractivity (Wildman–Crippen MR) is 72.4 cm³/mol. The molecule has 0 saturated heterocycles. The lowest BCUT2D eigenvalue weighted by molar-refractivity contribution is -0.137. The molecule has 0 N–H and O–H groups in total. The molecule has 0 saturated carbocycles. The Kier molecular flexibility index (Phi) is 8.67. The minimum Gasteiger partial charge on any atom is -0.463 e. The van der Waals surface area contributed by atoms with Crippen LogP contribution in [0.25, 0.3) is 0 Å². The Balaban J connectivity index is 3.16. The number of hydrogen-bond donors (Lipinski definition) is 0. The summed E-state index contributed by atoms with van der Waals surface area (Å²) in [5.41, 5.74) is 0. The van der Waals surface area contributed by atoms with E-state index in [0.29, 0.717) is 6.61 Å². The van der Waals surface area contributed by atoms with E-state index in [0.717, 1.165) is 12.8 Å². The largest absolute Gasteiger partial charge is 0.463 e. The molecule has 0 fully saturated rings. The van der Waals surface area contributed by atoms with E-state index < -0.39 is 7.38 Å². The number of hydrogen-bond acceptors (Lipinski definition) is 2. The Morgan fingerprint density at radius 3 is 2.38 bits per heavy atom. The molecule has 0 aliphatic carbocycles. The molecule has 0 aliphatic heterocycles. The highest BCUT2D eigenvalue weighted by molar-refractivity contribution is 7.19. The fraction of sp³-hybridized carbons (Fsp3) is 0.750. The smallest absolute Gasteiger partial charge is 0.330 e. The molecule has 2 nitrogen and oxygen atoms in total. The highest BCUT2D eigenvalue weighted by Gasteiger charge is 2.15. The summed E-state index contributed by atoms with van der Waals surface area (Å²) in [6.07, 6.45) is 6.93. The second kappa shape index (κ2) is 8.82. The number of carbonyl (C=O) groups excluding carboxylic acids is 1. The van der Waals surface area contributed by atoms with Crippen LogP contribution in [0.3, 0.4) is 0 Å². The number of ether oxygens (including phenoxy) is 1. The van der Waals surface area contributed by atoms with Gasteiger partial charge in [0.15, 0.2) is 0 Å². The maximum absolute atomic E-state index is 10.7. The first-order chi connectivity index (χ1) is 7.45. The number of unbranched alkanes of at least 4 members (excludes halogenated alkanes) is 4. The molecule has 16 heavy (non-hydrogen) atoms. The molecule has 0 aromatic heterocycles. The third kappa shape index (κ3) is 11.8. The number of carbonyl (C=O) groups is 1. The highest BCUT2D eigenvalue weighted by Crippen LogP contribution is 2.18. The monoisotopic (exact) mass is 262 g/mol. The van der Waals surface area contributed by atoms with Gasteiger partial charge in [-0.15, -0.1) is 0 Å². The van der Waals surface area contributed by atoms with Crippen molar-refractivity contribution in [2.24, 2.45) is 0 Å². The van der Waals surface area contributed by atoms with Crippen molar-refractivity contribution in [3.05, 3.63) is 12.7 Å². The Bertz CT molecular complexity index is 212. The van der Waals surface area contributed by atoms with Gasteiger partial charge in [0.25, 0.3) is 0 Å². The summed E-state index contributed by atoms with van der Waals surface area (Å²) < 4.78 is 4.88. The molecule has 0 atom stereocenters. The first-order valence-electron chi connectivity index (χ1n) is 5.94. The summed E-state index contributed by atoms with van der Waals surface area (Å²) in [5, 5.41) is 0. The van der Waals surface area contributed by atoms with Gasteiger partial charge in [-0.2, -0.15) is 11.1 Å². The Labute approximate surface area is 105 Å². The van der Waals surface area contributed by atoms with Crippen molar-refractivity contribution in [3.63, 3.8) is 0 Å². The second-order valence-corrected chi connectivity index (χ2v) is 11.6. The molecule has 0 amide bonds. The van der Waals surface area contributed by atoms with Gasteiger partial charge in [0.2, 0.25) is 0 Å². The topological polar surface area (TPSA) is 26.3 Å². The van der Waals surface area contributed by atoms with E-state index in [1.165, 1.54) is 31.4 Å².